The van der Waals surface area contributed by atoms with Gasteiger partial charge in [-0.3, -0.25) is 0 Å². The Hall–Kier alpha value is -1.06. The molecular weight excluding hydrogens is 226 g/mol. The first-order valence-corrected chi connectivity index (χ1v) is 6.52. The zero-order valence-electron chi connectivity index (χ0n) is 11.9. The highest BCUT2D eigenvalue weighted by molar-refractivity contribution is 5.39. The summed E-state index contributed by atoms with van der Waals surface area (Å²) in [5, 5.41) is 10.00. The second kappa shape index (κ2) is 6.21. The van der Waals surface area contributed by atoms with Crippen molar-refractivity contribution >= 4 is 0 Å². The molecule has 0 aliphatic heterocycles. The molecule has 3 nitrogen and oxygen atoms in total. The fourth-order valence-electron chi connectivity index (χ4n) is 2.17. The number of hydrogen-bond donors (Lipinski definition) is 2. The van der Waals surface area contributed by atoms with E-state index in [1.54, 1.807) is 0 Å². The van der Waals surface area contributed by atoms with Gasteiger partial charge in [0.2, 0.25) is 0 Å². The van der Waals surface area contributed by atoms with Gasteiger partial charge in [0, 0.05) is 6.42 Å². The molecule has 0 aliphatic rings. The molecule has 0 saturated carbocycles. The average molecular weight is 251 g/mol. The van der Waals surface area contributed by atoms with Crippen LogP contribution in [0.15, 0.2) is 18.2 Å². The van der Waals surface area contributed by atoms with E-state index in [4.69, 9.17) is 10.5 Å². The summed E-state index contributed by atoms with van der Waals surface area (Å²) in [5.41, 5.74) is 6.92. The Morgan fingerprint density at radius 3 is 2.33 bits per heavy atom. The summed E-state index contributed by atoms with van der Waals surface area (Å²) in [6.07, 6.45) is 1.03. The highest BCUT2D eigenvalue weighted by Gasteiger charge is 2.22. The van der Waals surface area contributed by atoms with Gasteiger partial charge in [0.15, 0.2) is 0 Å². The Bertz CT molecular complexity index is 366. The lowest BCUT2D eigenvalue weighted by molar-refractivity contribution is 0.00607. The van der Waals surface area contributed by atoms with Crippen molar-refractivity contribution in [1.29, 1.82) is 0 Å². The van der Waals surface area contributed by atoms with Gasteiger partial charge in [0.25, 0.3) is 0 Å². The van der Waals surface area contributed by atoms with Crippen LogP contribution >= 0.6 is 0 Å². The van der Waals surface area contributed by atoms with Gasteiger partial charge in [-0.2, -0.15) is 0 Å². The van der Waals surface area contributed by atoms with E-state index in [1.807, 2.05) is 45.9 Å². The Morgan fingerprint density at radius 1 is 1.28 bits per heavy atom. The number of aliphatic hydroxyl groups is 1. The van der Waals surface area contributed by atoms with Crippen LogP contribution in [0.2, 0.25) is 0 Å². The largest absolute Gasteiger partial charge is 0.493 e. The number of hydrogen-bond acceptors (Lipinski definition) is 3. The first-order chi connectivity index (χ1) is 8.32. The monoisotopic (exact) mass is 251 g/mol. The van der Waals surface area contributed by atoms with E-state index in [1.165, 1.54) is 0 Å². The van der Waals surface area contributed by atoms with Crippen LogP contribution in [0, 0.1) is 19.8 Å². The van der Waals surface area contributed by atoms with Crippen molar-refractivity contribution in [1.82, 2.24) is 0 Å². The molecule has 1 atom stereocenters. The van der Waals surface area contributed by atoms with Gasteiger partial charge in [-0.05, 0) is 37.3 Å². The minimum atomic E-state index is -1.13. The smallest absolute Gasteiger partial charge is 0.125 e. The second-order valence-corrected chi connectivity index (χ2v) is 5.52. The lowest BCUT2D eigenvalue weighted by Gasteiger charge is -2.25. The Morgan fingerprint density at radius 2 is 1.83 bits per heavy atom. The molecule has 0 spiro atoms. The summed E-state index contributed by atoms with van der Waals surface area (Å²) in [4.78, 5) is 0. The van der Waals surface area contributed by atoms with Crippen molar-refractivity contribution in [3.63, 3.8) is 0 Å². The molecule has 0 bridgehead atoms. The van der Waals surface area contributed by atoms with E-state index < -0.39 is 5.72 Å². The molecule has 3 N–H and O–H groups in total. The molecule has 1 aromatic carbocycles. The van der Waals surface area contributed by atoms with Crippen LogP contribution in [-0.2, 0) is 0 Å². The van der Waals surface area contributed by atoms with Crippen LogP contribution in [0.1, 0.15) is 37.8 Å². The molecule has 0 heterocycles. The fourth-order valence-corrected chi connectivity index (χ4v) is 2.17. The number of nitrogens with two attached hydrogens (primary N) is 1. The van der Waals surface area contributed by atoms with Gasteiger partial charge in [-0.25, -0.2) is 0 Å². The summed E-state index contributed by atoms with van der Waals surface area (Å²) in [7, 11) is 0. The predicted octanol–water partition coefficient (Wildman–Crippen LogP) is 2.77. The molecule has 3 heteroatoms. The quantitative estimate of drug-likeness (QED) is 0.764. The van der Waals surface area contributed by atoms with Crippen LogP contribution in [0.4, 0.5) is 0 Å². The third-order valence-corrected chi connectivity index (χ3v) is 2.95. The fraction of sp³-hybridized carbons (Fsp3) is 0.600. The third kappa shape index (κ3) is 4.67. The number of rotatable bonds is 6. The average Bonchev–Trinajstić information content (AvgIpc) is 2.20. The Kier molecular flexibility index (Phi) is 5.17. The molecule has 0 aliphatic carbocycles. The maximum Gasteiger partial charge on any atom is 0.125 e. The van der Waals surface area contributed by atoms with Gasteiger partial charge in [0.05, 0.1) is 6.61 Å². The standard InChI is InChI=1S/C15H25NO2/c1-11(2)10-15(16,17)8-9-18-14-12(3)6-5-7-13(14)4/h5-7,11,17H,8-10,16H2,1-4H3. The molecule has 0 radical (unpaired) electrons. The van der Waals surface area contributed by atoms with Crippen molar-refractivity contribution in [2.24, 2.45) is 11.7 Å². The van der Waals surface area contributed by atoms with Crippen molar-refractivity contribution in [2.45, 2.75) is 46.3 Å². The lowest BCUT2D eigenvalue weighted by atomic mass is 9.98. The molecule has 0 amide bonds. The first kappa shape index (κ1) is 15.0. The van der Waals surface area contributed by atoms with E-state index in [0.717, 1.165) is 16.9 Å². The predicted molar refractivity (Wildman–Crippen MR) is 74.6 cm³/mol. The molecule has 1 rings (SSSR count). The van der Waals surface area contributed by atoms with Gasteiger partial charge < -0.3 is 15.6 Å². The first-order valence-electron chi connectivity index (χ1n) is 6.52. The number of ether oxygens (including phenoxy) is 1. The minimum Gasteiger partial charge on any atom is -0.493 e. The molecular formula is C15H25NO2. The zero-order chi connectivity index (χ0) is 13.8. The van der Waals surface area contributed by atoms with Gasteiger partial charge in [0.1, 0.15) is 11.5 Å². The summed E-state index contributed by atoms with van der Waals surface area (Å²) < 4.78 is 5.74. The van der Waals surface area contributed by atoms with E-state index in [2.05, 4.69) is 0 Å². The summed E-state index contributed by atoms with van der Waals surface area (Å²) >= 11 is 0. The normalized spacial score (nSPS) is 14.6. The molecule has 1 aromatic rings. The number of benzene rings is 1. The summed E-state index contributed by atoms with van der Waals surface area (Å²) in [5.74, 6) is 1.28. The lowest BCUT2D eigenvalue weighted by Crippen LogP contribution is -2.42. The molecule has 18 heavy (non-hydrogen) atoms. The minimum absolute atomic E-state index is 0.375. The van der Waals surface area contributed by atoms with Gasteiger partial charge in [-0.15, -0.1) is 0 Å². The Labute approximate surface area is 110 Å². The van der Waals surface area contributed by atoms with Crippen LogP contribution in [0.25, 0.3) is 0 Å². The van der Waals surface area contributed by atoms with E-state index in [0.29, 0.717) is 25.4 Å². The highest BCUT2D eigenvalue weighted by atomic mass is 16.5. The SMILES string of the molecule is Cc1cccc(C)c1OCCC(N)(O)CC(C)C. The van der Waals surface area contributed by atoms with Crippen molar-refractivity contribution in [3.05, 3.63) is 29.3 Å². The van der Waals surface area contributed by atoms with Gasteiger partial charge >= 0.3 is 0 Å². The maximum atomic E-state index is 10.00. The van der Waals surface area contributed by atoms with Crippen LogP contribution in [0.5, 0.6) is 5.75 Å². The molecule has 0 saturated heterocycles. The molecule has 1 unspecified atom stereocenters. The zero-order valence-corrected chi connectivity index (χ0v) is 11.9. The third-order valence-electron chi connectivity index (χ3n) is 2.95. The van der Waals surface area contributed by atoms with Crippen molar-refractivity contribution < 1.29 is 9.84 Å². The van der Waals surface area contributed by atoms with E-state index >= 15 is 0 Å². The Balaban J connectivity index is 2.51. The second-order valence-electron chi connectivity index (χ2n) is 5.52. The topological polar surface area (TPSA) is 55.5 Å². The van der Waals surface area contributed by atoms with E-state index in [-0.39, 0.29) is 0 Å². The molecule has 0 fully saturated rings. The maximum absolute atomic E-state index is 10.00. The van der Waals surface area contributed by atoms with Crippen LogP contribution in [-0.4, -0.2) is 17.4 Å². The highest BCUT2D eigenvalue weighted by Crippen LogP contribution is 2.23. The number of aryl methyl sites for hydroxylation is 2. The van der Waals surface area contributed by atoms with E-state index in [9.17, 15) is 5.11 Å². The summed E-state index contributed by atoms with van der Waals surface area (Å²) in [6.45, 7) is 8.57. The molecule has 102 valence electrons. The summed E-state index contributed by atoms with van der Waals surface area (Å²) in [6, 6.07) is 6.05. The van der Waals surface area contributed by atoms with Gasteiger partial charge in [-0.1, -0.05) is 32.0 Å². The van der Waals surface area contributed by atoms with Crippen LogP contribution in [0.3, 0.4) is 0 Å². The van der Waals surface area contributed by atoms with Crippen LogP contribution < -0.4 is 10.5 Å². The van der Waals surface area contributed by atoms with Crippen molar-refractivity contribution in [3.8, 4) is 5.75 Å². The molecule has 0 aromatic heterocycles. The number of para-hydroxylation sites is 1. The van der Waals surface area contributed by atoms with Crippen molar-refractivity contribution in [2.75, 3.05) is 6.61 Å².